The summed E-state index contributed by atoms with van der Waals surface area (Å²) in [7, 11) is 1.66. The molecule has 146 valence electrons. The van der Waals surface area contributed by atoms with Crippen LogP contribution < -0.4 is 14.5 Å². The number of hydrogen-bond acceptors (Lipinski definition) is 5. The zero-order valence-corrected chi connectivity index (χ0v) is 16.3. The lowest BCUT2D eigenvalue weighted by Gasteiger charge is -2.38. The molecule has 0 aromatic heterocycles. The van der Waals surface area contributed by atoms with E-state index in [9.17, 15) is 9.59 Å². The first-order valence-corrected chi connectivity index (χ1v) is 9.64. The van der Waals surface area contributed by atoms with E-state index in [1.54, 1.807) is 7.11 Å². The van der Waals surface area contributed by atoms with Crippen molar-refractivity contribution in [2.24, 2.45) is 0 Å². The third-order valence-corrected chi connectivity index (χ3v) is 5.67. The van der Waals surface area contributed by atoms with Crippen molar-refractivity contribution < 1.29 is 14.3 Å². The predicted octanol–water partition coefficient (Wildman–Crippen LogP) is 2.46. The van der Waals surface area contributed by atoms with Crippen molar-refractivity contribution in [1.82, 2.24) is 4.90 Å². The number of piperazine rings is 1. The molecule has 2 aliphatic rings. The number of carbonyl (C=O) groups is 2. The van der Waals surface area contributed by atoms with Gasteiger partial charge in [-0.25, -0.2) is 4.90 Å². The van der Waals surface area contributed by atoms with Gasteiger partial charge >= 0.3 is 0 Å². The number of nitrogens with zero attached hydrogens (tertiary/aromatic N) is 3. The molecular formula is C22H25N3O3. The lowest BCUT2D eigenvalue weighted by Crippen LogP contribution is -2.52. The maximum Gasteiger partial charge on any atom is 0.251 e. The van der Waals surface area contributed by atoms with Crippen molar-refractivity contribution in [3.8, 4) is 5.75 Å². The molecule has 0 aliphatic carbocycles. The van der Waals surface area contributed by atoms with E-state index in [1.807, 2.05) is 43.3 Å². The Balaban J connectivity index is 1.43. The van der Waals surface area contributed by atoms with Crippen LogP contribution in [0.4, 0.5) is 11.4 Å². The third-order valence-electron chi connectivity index (χ3n) is 5.67. The van der Waals surface area contributed by atoms with E-state index in [-0.39, 0.29) is 24.3 Å². The maximum absolute atomic E-state index is 13.0. The molecule has 2 heterocycles. The number of imide groups is 1. The zero-order chi connectivity index (χ0) is 19.7. The summed E-state index contributed by atoms with van der Waals surface area (Å²) in [4.78, 5) is 31.4. The quantitative estimate of drug-likeness (QED) is 0.764. The van der Waals surface area contributed by atoms with Crippen LogP contribution in [-0.2, 0) is 9.59 Å². The molecule has 6 heteroatoms. The van der Waals surface area contributed by atoms with Crippen molar-refractivity contribution in [3.63, 3.8) is 0 Å². The lowest BCUT2D eigenvalue weighted by atomic mass is 10.1. The highest BCUT2D eigenvalue weighted by Crippen LogP contribution is 2.29. The molecule has 2 saturated heterocycles. The van der Waals surface area contributed by atoms with Gasteiger partial charge < -0.3 is 9.64 Å². The monoisotopic (exact) mass is 379 g/mol. The summed E-state index contributed by atoms with van der Waals surface area (Å²) >= 11 is 0. The van der Waals surface area contributed by atoms with Crippen LogP contribution in [0.25, 0.3) is 0 Å². The molecule has 4 rings (SSSR count). The molecule has 2 amide bonds. The van der Waals surface area contributed by atoms with Gasteiger partial charge in [0.2, 0.25) is 5.91 Å². The lowest BCUT2D eigenvalue weighted by molar-refractivity contribution is -0.123. The van der Waals surface area contributed by atoms with Crippen LogP contribution in [0.5, 0.6) is 5.75 Å². The van der Waals surface area contributed by atoms with Gasteiger partial charge in [0, 0.05) is 31.9 Å². The van der Waals surface area contributed by atoms with Crippen LogP contribution in [0.3, 0.4) is 0 Å². The molecule has 0 bridgehead atoms. The molecule has 1 atom stereocenters. The standard InChI is InChI=1S/C22H25N3O3/c1-16-5-3-4-6-19(16)25-21(26)15-20(22(25)27)24-13-11-23(12-14-24)17-7-9-18(28-2)10-8-17/h3-10,20H,11-15H2,1-2H3/t20-/m0/s1. The third kappa shape index (κ3) is 3.36. The van der Waals surface area contributed by atoms with E-state index >= 15 is 0 Å². The Hall–Kier alpha value is -2.86. The second-order valence-electron chi connectivity index (χ2n) is 7.29. The van der Waals surface area contributed by atoms with E-state index < -0.39 is 0 Å². The molecule has 0 unspecified atom stereocenters. The SMILES string of the molecule is COc1ccc(N2CCN([C@H]3CC(=O)N(c4ccccc4C)C3=O)CC2)cc1. The zero-order valence-electron chi connectivity index (χ0n) is 16.3. The Kier molecular flexibility index (Phi) is 5.05. The summed E-state index contributed by atoms with van der Waals surface area (Å²) < 4.78 is 5.22. The smallest absolute Gasteiger partial charge is 0.251 e. The highest BCUT2D eigenvalue weighted by Gasteiger charge is 2.43. The Morgan fingerprint density at radius 3 is 2.25 bits per heavy atom. The second-order valence-corrected chi connectivity index (χ2v) is 7.29. The summed E-state index contributed by atoms with van der Waals surface area (Å²) in [5.41, 5.74) is 2.79. The van der Waals surface area contributed by atoms with E-state index in [4.69, 9.17) is 4.74 Å². The second kappa shape index (κ2) is 7.64. The number of amides is 2. The topological polar surface area (TPSA) is 53.1 Å². The molecule has 2 aliphatic heterocycles. The highest BCUT2D eigenvalue weighted by atomic mass is 16.5. The summed E-state index contributed by atoms with van der Waals surface area (Å²) in [6.07, 6.45) is 0.260. The minimum Gasteiger partial charge on any atom is -0.497 e. The Morgan fingerprint density at radius 2 is 1.61 bits per heavy atom. The number of para-hydroxylation sites is 1. The normalized spacial score (nSPS) is 20.7. The summed E-state index contributed by atoms with van der Waals surface area (Å²) in [5.74, 6) is 0.632. The average Bonchev–Trinajstić information content (AvgIpc) is 3.03. The minimum atomic E-state index is -0.356. The number of methoxy groups -OCH3 is 1. The molecule has 2 aromatic rings. The summed E-state index contributed by atoms with van der Waals surface area (Å²) in [5, 5.41) is 0. The molecule has 0 spiro atoms. The van der Waals surface area contributed by atoms with Gasteiger partial charge in [0.25, 0.3) is 5.91 Å². The highest BCUT2D eigenvalue weighted by molar-refractivity contribution is 6.22. The first kappa shape index (κ1) is 18.5. The van der Waals surface area contributed by atoms with Crippen LogP contribution >= 0.6 is 0 Å². The Morgan fingerprint density at radius 1 is 0.929 bits per heavy atom. The molecule has 6 nitrogen and oxygen atoms in total. The van der Waals surface area contributed by atoms with Crippen molar-refractivity contribution in [3.05, 3.63) is 54.1 Å². The molecule has 0 N–H and O–H groups in total. The Bertz CT molecular complexity index is 873. The number of benzene rings is 2. The van der Waals surface area contributed by atoms with E-state index in [0.717, 1.165) is 43.2 Å². The van der Waals surface area contributed by atoms with Crippen LogP contribution in [0, 0.1) is 6.92 Å². The molecular weight excluding hydrogens is 354 g/mol. The van der Waals surface area contributed by atoms with E-state index in [2.05, 4.69) is 21.9 Å². The van der Waals surface area contributed by atoms with Crippen LogP contribution in [0.15, 0.2) is 48.5 Å². The van der Waals surface area contributed by atoms with Gasteiger partial charge in [-0.05, 0) is 42.8 Å². The molecule has 2 fully saturated rings. The van der Waals surface area contributed by atoms with Crippen LogP contribution in [-0.4, -0.2) is 56.0 Å². The molecule has 28 heavy (non-hydrogen) atoms. The summed E-state index contributed by atoms with van der Waals surface area (Å²) in [6, 6.07) is 15.2. The van der Waals surface area contributed by atoms with E-state index in [0.29, 0.717) is 5.69 Å². The minimum absolute atomic E-state index is 0.0998. The van der Waals surface area contributed by atoms with Crippen molar-refractivity contribution in [2.75, 3.05) is 43.1 Å². The van der Waals surface area contributed by atoms with Gasteiger partial charge in [-0.15, -0.1) is 0 Å². The van der Waals surface area contributed by atoms with Gasteiger partial charge in [-0.2, -0.15) is 0 Å². The number of anilines is 2. The van der Waals surface area contributed by atoms with Gasteiger partial charge in [-0.1, -0.05) is 18.2 Å². The van der Waals surface area contributed by atoms with Crippen molar-refractivity contribution >= 4 is 23.2 Å². The number of ether oxygens (including phenoxy) is 1. The van der Waals surface area contributed by atoms with Gasteiger partial charge in [0.15, 0.2) is 0 Å². The molecule has 0 radical (unpaired) electrons. The van der Waals surface area contributed by atoms with Crippen molar-refractivity contribution in [1.29, 1.82) is 0 Å². The Labute approximate surface area is 165 Å². The van der Waals surface area contributed by atoms with Gasteiger partial charge in [0.1, 0.15) is 5.75 Å². The number of hydrogen-bond donors (Lipinski definition) is 0. The largest absolute Gasteiger partial charge is 0.497 e. The first-order valence-electron chi connectivity index (χ1n) is 9.64. The van der Waals surface area contributed by atoms with Gasteiger partial charge in [-0.3, -0.25) is 14.5 Å². The fourth-order valence-electron chi connectivity index (χ4n) is 4.05. The first-order chi connectivity index (χ1) is 13.6. The fourth-order valence-corrected chi connectivity index (χ4v) is 4.05. The van der Waals surface area contributed by atoms with Gasteiger partial charge in [0.05, 0.1) is 25.3 Å². The molecule has 0 saturated carbocycles. The van der Waals surface area contributed by atoms with Crippen molar-refractivity contribution in [2.45, 2.75) is 19.4 Å². The number of rotatable bonds is 4. The van der Waals surface area contributed by atoms with E-state index in [1.165, 1.54) is 4.90 Å². The molecule has 2 aromatic carbocycles. The average molecular weight is 379 g/mol. The summed E-state index contributed by atoms with van der Waals surface area (Å²) in [6.45, 7) is 5.11. The van der Waals surface area contributed by atoms with Crippen LogP contribution in [0.2, 0.25) is 0 Å². The maximum atomic E-state index is 13.0. The fraction of sp³-hybridized carbons (Fsp3) is 0.364. The predicted molar refractivity (Wildman–Crippen MR) is 109 cm³/mol. The van der Waals surface area contributed by atoms with Crippen LogP contribution in [0.1, 0.15) is 12.0 Å². The number of carbonyl (C=O) groups excluding carboxylic acids is 2. The number of aryl methyl sites for hydroxylation is 1.